The van der Waals surface area contributed by atoms with Gasteiger partial charge in [0, 0.05) is 12.0 Å². The van der Waals surface area contributed by atoms with Gasteiger partial charge in [0.25, 0.3) is 0 Å². The van der Waals surface area contributed by atoms with E-state index in [1.54, 1.807) is 30.4 Å². The van der Waals surface area contributed by atoms with Crippen molar-refractivity contribution < 1.29 is 14.9 Å². The van der Waals surface area contributed by atoms with Crippen LogP contribution in [0.2, 0.25) is 0 Å². The predicted molar refractivity (Wildman–Crippen MR) is 77.7 cm³/mol. The molecule has 1 rings (SSSR count). The van der Waals surface area contributed by atoms with Gasteiger partial charge < -0.3 is 14.9 Å². The number of rotatable bonds is 7. The number of hydrogen-bond donors (Lipinski definition) is 2. The number of aromatic hydroxyl groups is 1. The molecule has 0 aliphatic carbocycles. The first-order valence-corrected chi connectivity index (χ1v) is 6.54. The normalized spacial score (nSPS) is 13.1. The van der Waals surface area contributed by atoms with E-state index >= 15 is 0 Å². The molecule has 0 fully saturated rings. The fourth-order valence-corrected chi connectivity index (χ4v) is 1.84. The van der Waals surface area contributed by atoms with E-state index in [2.05, 4.69) is 6.58 Å². The van der Waals surface area contributed by atoms with Gasteiger partial charge in [-0.1, -0.05) is 13.0 Å². The van der Waals surface area contributed by atoms with Crippen LogP contribution < -0.4 is 4.74 Å². The van der Waals surface area contributed by atoms with Crippen molar-refractivity contribution in [3.8, 4) is 11.5 Å². The van der Waals surface area contributed by atoms with Crippen LogP contribution in [0.3, 0.4) is 0 Å². The van der Waals surface area contributed by atoms with Gasteiger partial charge in [-0.15, -0.1) is 6.58 Å². The number of benzene rings is 1. The predicted octanol–water partition coefficient (Wildman–Crippen LogP) is 4.13. The zero-order valence-electron chi connectivity index (χ0n) is 11.6. The standard InChI is InChI=1S/C16H22O3/c1-4-6-13-11-15(8-9-16(13)18)19-12(3)10-14(17)7-5-2/h4,7-9,11-12,17-18H,1,5-6,10H2,2-3H3/b14-7+. The molecule has 1 aromatic carbocycles. The first kappa shape index (κ1) is 15.2. The van der Waals surface area contributed by atoms with Crippen LogP contribution in [0.15, 0.2) is 42.7 Å². The van der Waals surface area contributed by atoms with Crippen molar-refractivity contribution in [1.29, 1.82) is 0 Å². The highest BCUT2D eigenvalue weighted by Gasteiger charge is 2.08. The van der Waals surface area contributed by atoms with Crippen LogP contribution in [0, 0.1) is 0 Å². The Morgan fingerprint density at radius 3 is 2.84 bits per heavy atom. The van der Waals surface area contributed by atoms with Crippen molar-refractivity contribution >= 4 is 0 Å². The molecule has 0 aliphatic rings. The van der Waals surface area contributed by atoms with Crippen LogP contribution in [0.25, 0.3) is 0 Å². The summed E-state index contributed by atoms with van der Waals surface area (Å²) in [6.45, 7) is 7.53. The number of aliphatic hydroxyl groups excluding tert-OH is 1. The average molecular weight is 262 g/mol. The molecule has 0 aromatic heterocycles. The van der Waals surface area contributed by atoms with Crippen LogP contribution in [-0.2, 0) is 6.42 Å². The maximum atomic E-state index is 9.66. The molecule has 1 atom stereocenters. The Morgan fingerprint density at radius 1 is 1.47 bits per heavy atom. The van der Waals surface area contributed by atoms with E-state index in [9.17, 15) is 10.2 Å². The minimum Gasteiger partial charge on any atom is -0.513 e. The summed E-state index contributed by atoms with van der Waals surface area (Å²) in [5, 5.41) is 19.3. The van der Waals surface area contributed by atoms with E-state index in [0.29, 0.717) is 24.4 Å². The third kappa shape index (κ3) is 5.08. The van der Waals surface area contributed by atoms with Crippen molar-refractivity contribution in [2.75, 3.05) is 0 Å². The second-order valence-electron chi connectivity index (χ2n) is 4.52. The summed E-state index contributed by atoms with van der Waals surface area (Å²) in [6, 6.07) is 5.13. The topological polar surface area (TPSA) is 49.7 Å². The monoisotopic (exact) mass is 262 g/mol. The van der Waals surface area contributed by atoms with Crippen molar-refractivity contribution in [3.63, 3.8) is 0 Å². The van der Waals surface area contributed by atoms with Gasteiger partial charge in [0.15, 0.2) is 0 Å². The van der Waals surface area contributed by atoms with Crippen LogP contribution in [0.4, 0.5) is 0 Å². The molecule has 2 N–H and O–H groups in total. The molecule has 1 aromatic rings. The number of phenols is 1. The summed E-state index contributed by atoms with van der Waals surface area (Å²) < 4.78 is 5.73. The minimum atomic E-state index is -0.121. The fourth-order valence-electron chi connectivity index (χ4n) is 1.84. The molecule has 0 heterocycles. The van der Waals surface area contributed by atoms with Crippen LogP contribution in [0.1, 0.15) is 32.3 Å². The highest BCUT2D eigenvalue weighted by Crippen LogP contribution is 2.25. The summed E-state index contributed by atoms with van der Waals surface area (Å²) >= 11 is 0. The third-order valence-electron chi connectivity index (χ3n) is 2.69. The second-order valence-corrected chi connectivity index (χ2v) is 4.52. The van der Waals surface area contributed by atoms with Gasteiger partial charge in [-0.3, -0.25) is 0 Å². The molecule has 104 valence electrons. The Balaban J connectivity index is 2.68. The molecular weight excluding hydrogens is 240 g/mol. The number of ether oxygens (including phenoxy) is 1. The van der Waals surface area contributed by atoms with E-state index in [4.69, 9.17) is 4.74 Å². The number of phenolic OH excluding ortho intramolecular Hbond substituents is 1. The molecule has 3 nitrogen and oxygen atoms in total. The Hall–Kier alpha value is -1.90. The van der Waals surface area contributed by atoms with E-state index in [1.807, 2.05) is 13.8 Å². The van der Waals surface area contributed by atoms with Crippen molar-refractivity contribution in [3.05, 3.63) is 48.3 Å². The van der Waals surface area contributed by atoms with Gasteiger partial charge >= 0.3 is 0 Å². The zero-order valence-corrected chi connectivity index (χ0v) is 11.6. The maximum Gasteiger partial charge on any atom is 0.120 e. The largest absolute Gasteiger partial charge is 0.513 e. The molecule has 3 heteroatoms. The van der Waals surface area contributed by atoms with Gasteiger partial charge in [0.05, 0.1) is 5.76 Å². The molecule has 0 saturated heterocycles. The van der Waals surface area contributed by atoms with Gasteiger partial charge in [0.1, 0.15) is 17.6 Å². The van der Waals surface area contributed by atoms with E-state index in [1.165, 1.54) is 0 Å². The average Bonchev–Trinajstić information content (AvgIpc) is 2.33. The summed E-state index contributed by atoms with van der Waals surface area (Å²) in [4.78, 5) is 0. The minimum absolute atomic E-state index is 0.121. The lowest BCUT2D eigenvalue weighted by molar-refractivity contribution is 0.200. The third-order valence-corrected chi connectivity index (χ3v) is 2.69. The van der Waals surface area contributed by atoms with E-state index < -0.39 is 0 Å². The second kappa shape index (κ2) is 7.52. The number of aliphatic hydroxyl groups is 1. The Bertz CT molecular complexity index is 449. The summed E-state index contributed by atoms with van der Waals surface area (Å²) in [5.74, 6) is 1.28. The lowest BCUT2D eigenvalue weighted by Gasteiger charge is -2.15. The highest BCUT2D eigenvalue weighted by atomic mass is 16.5. The Morgan fingerprint density at radius 2 is 2.21 bits per heavy atom. The van der Waals surface area contributed by atoms with Crippen LogP contribution in [-0.4, -0.2) is 16.3 Å². The molecule has 0 saturated carbocycles. The summed E-state index contributed by atoms with van der Waals surface area (Å²) in [7, 11) is 0. The zero-order chi connectivity index (χ0) is 14.3. The SMILES string of the molecule is C=CCc1cc(OC(C)C/C(O)=C\CC)ccc1O. The molecule has 0 aliphatic heterocycles. The molecule has 0 amide bonds. The van der Waals surface area contributed by atoms with Crippen LogP contribution in [0.5, 0.6) is 11.5 Å². The van der Waals surface area contributed by atoms with Crippen LogP contribution >= 0.6 is 0 Å². The number of hydrogen-bond acceptors (Lipinski definition) is 3. The Kier molecular flexibility index (Phi) is 6.00. The van der Waals surface area contributed by atoms with Gasteiger partial charge in [-0.2, -0.15) is 0 Å². The first-order chi connectivity index (χ1) is 9.06. The first-order valence-electron chi connectivity index (χ1n) is 6.54. The van der Waals surface area contributed by atoms with Crippen molar-refractivity contribution in [2.45, 2.75) is 39.2 Å². The van der Waals surface area contributed by atoms with Crippen molar-refractivity contribution in [1.82, 2.24) is 0 Å². The van der Waals surface area contributed by atoms with Gasteiger partial charge in [0.2, 0.25) is 0 Å². The Labute approximate surface area is 114 Å². The fraction of sp³-hybridized carbons (Fsp3) is 0.375. The molecule has 19 heavy (non-hydrogen) atoms. The summed E-state index contributed by atoms with van der Waals surface area (Å²) in [6.07, 6.45) is 5.27. The molecule has 0 bridgehead atoms. The highest BCUT2D eigenvalue weighted by molar-refractivity contribution is 5.40. The lowest BCUT2D eigenvalue weighted by atomic mass is 10.1. The molecular formula is C16H22O3. The molecule has 0 radical (unpaired) electrons. The van der Waals surface area contributed by atoms with Gasteiger partial charge in [-0.25, -0.2) is 0 Å². The number of allylic oxidation sites excluding steroid dienone is 2. The molecule has 1 unspecified atom stereocenters. The van der Waals surface area contributed by atoms with Gasteiger partial charge in [-0.05, 0) is 44.0 Å². The van der Waals surface area contributed by atoms with Crippen molar-refractivity contribution in [2.24, 2.45) is 0 Å². The quantitative estimate of drug-likeness (QED) is 0.574. The maximum absolute atomic E-state index is 9.66. The summed E-state index contributed by atoms with van der Waals surface area (Å²) in [5.41, 5.74) is 0.785. The van der Waals surface area contributed by atoms with E-state index in [0.717, 1.165) is 12.0 Å². The lowest BCUT2D eigenvalue weighted by Crippen LogP contribution is -2.12. The van der Waals surface area contributed by atoms with E-state index in [-0.39, 0.29) is 11.9 Å². The molecule has 0 spiro atoms. The smallest absolute Gasteiger partial charge is 0.120 e.